The number of nitrogens with one attached hydrogen (secondary N) is 2. The van der Waals surface area contributed by atoms with Crippen LogP contribution in [0.15, 0.2) is 18.3 Å². The zero-order chi connectivity index (χ0) is 21.3. The van der Waals surface area contributed by atoms with Gasteiger partial charge >= 0.3 is 0 Å². The molecule has 1 saturated heterocycles. The molecule has 3 amide bonds. The molecule has 1 aliphatic carbocycles. The Balaban J connectivity index is 1.49. The van der Waals surface area contributed by atoms with Gasteiger partial charge in [0.05, 0.1) is 12.6 Å². The van der Waals surface area contributed by atoms with Crippen LogP contribution in [0.25, 0.3) is 0 Å². The number of ether oxygens (including phenoxy) is 1. The van der Waals surface area contributed by atoms with Gasteiger partial charge in [0.2, 0.25) is 17.7 Å². The van der Waals surface area contributed by atoms with E-state index in [1.165, 1.54) is 0 Å². The molecule has 0 spiro atoms. The van der Waals surface area contributed by atoms with Crippen LogP contribution in [0.1, 0.15) is 56.9 Å². The minimum atomic E-state index is -0.254. The molecule has 0 aromatic carbocycles. The fourth-order valence-corrected chi connectivity index (χ4v) is 4.05. The number of hydrogen-bond donors (Lipinski definition) is 2. The molecule has 1 atom stereocenters. The molecule has 1 aliphatic heterocycles. The number of rotatable bonds is 9. The molecule has 2 fully saturated rings. The Kier molecular flexibility index (Phi) is 8.19. The van der Waals surface area contributed by atoms with Crippen molar-refractivity contribution in [3.8, 4) is 0 Å². The van der Waals surface area contributed by atoms with Crippen LogP contribution in [-0.2, 0) is 19.1 Å². The van der Waals surface area contributed by atoms with Gasteiger partial charge in [0, 0.05) is 38.2 Å². The van der Waals surface area contributed by atoms with E-state index in [-0.39, 0.29) is 49.3 Å². The van der Waals surface area contributed by atoms with Gasteiger partial charge < -0.3 is 20.3 Å². The number of hydrogen-bond acceptors (Lipinski definition) is 5. The van der Waals surface area contributed by atoms with E-state index in [2.05, 4.69) is 15.6 Å². The molecule has 0 bridgehead atoms. The third kappa shape index (κ3) is 6.79. The summed E-state index contributed by atoms with van der Waals surface area (Å²) in [6, 6.07) is 3.71. The second-order valence-corrected chi connectivity index (χ2v) is 8.17. The number of nitrogens with zero attached hydrogens (tertiary/aromatic N) is 2. The van der Waals surface area contributed by atoms with Crippen LogP contribution in [0.2, 0.25) is 0 Å². The molecule has 1 aromatic heterocycles. The predicted octanol–water partition coefficient (Wildman–Crippen LogP) is 2.18. The van der Waals surface area contributed by atoms with Crippen molar-refractivity contribution in [3.05, 3.63) is 23.9 Å². The highest BCUT2D eigenvalue weighted by Gasteiger charge is 2.29. The van der Waals surface area contributed by atoms with Crippen LogP contribution in [-0.4, -0.2) is 59.4 Å². The topological polar surface area (TPSA) is 101 Å². The van der Waals surface area contributed by atoms with E-state index in [4.69, 9.17) is 4.74 Å². The summed E-state index contributed by atoms with van der Waals surface area (Å²) in [6.45, 7) is 3.19. The van der Waals surface area contributed by atoms with E-state index >= 15 is 0 Å². The Morgan fingerprint density at radius 1 is 1.13 bits per heavy atom. The smallest absolute Gasteiger partial charge is 0.239 e. The maximum absolute atomic E-state index is 12.9. The summed E-state index contributed by atoms with van der Waals surface area (Å²) in [6.07, 6.45) is 7.76. The Labute approximate surface area is 177 Å². The van der Waals surface area contributed by atoms with Crippen LogP contribution < -0.4 is 10.6 Å². The number of pyridine rings is 1. The lowest BCUT2D eigenvalue weighted by Gasteiger charge is -2.28. The lowest BCUT2D eigenvalue weighted by Crippen LogP contribution is -2.46. The maximum Gasteiger partial charge on any atom is 0.239 e. The van der Waals surface area contributed by atoms with Gasteiger partial charge in [-0.15, -0.1) is 0 Å². The molecule has 1 saturated carbocycles. The van der Waals surface area contributed by atoms with E-state index in [1.807, 2.05) is 13.0 Å². The van der Waals surface area contributed by atoms with E-state index < -0.39 is 0 Å². The number of carbonyl (C=O) groups excluding carboxylic acids is 3. The molecule has 8 nitrogen and oxygen atoms in total. The van der Waals surface area contributed by atoms with Gasteiger partial charge in [-0.1, -0.05) is 12.8 Å². The van der Waals surface area contributed by atoms with Crippen LogP contribution in [0, 0.1) is 6.92 Å². The number of amides is 3. The Morgan fingerprint density at radius 2 is 1.93 bits per heavy atom. The monoisotopic (exact) mass is 416 g/mol. The number of aryl methyl sites for hydroxylation is 1. The second-order valence-electron chi connectivity index (χ2n) is 8.17. The molecule has 0 unspecified atom stereocenters. The van der Waals surface area contributed by atoms with Gasteiger partial charge in [-0.3, -0.25) is 14.4 Å². The van der Waals surface area contributed by atoms with Gasteiger partial charge in [0.25, 0.3) is 0 Å². The van der Waals surface area contributed by atoms with Gasteiger partial charge in [-0.2, -0.15) is 0 Å². The van der Waals surface area contributed by atoms with Gasteiger partial charge in [0.15, 0.2) is 0 Å². The fourth-order valence-electron chi connectivity index (χ4n) is 4.05. The highest BCUT2D eigenvalue weighted by Crippen LogP contribution is 2.24. The molecule has 0 radical (unpaired) electrons. The molecule has 2 heterocycles. The van der Waals surface area contributed by atoms with Gasteiger partial charge in [0.1, 0.15) is 5.82 Å². The standard InChI is InChI=1S/C22H32N4O4/c1-16-10-11-23-19(13-16)25-20(27)8-9-22(29)26(17-5-2-3-6-17)15-21(28)24-14-18-7-4-12-30-18/h10-11,13,17-18H,2-9,12,14-15H2,1H3,(H,24,28)(H,23,25,27)/t18-/m0/s1. The largest absolute Gasteiger partial charge is 0.376 e. The van der Waals surface area contributed by atoms with Crippen molar-refractivity contribution in [1.82, 2.24) is 15.2 Å². The average Bonchev–Trinajstić information content (AvgIpc) is 3.43. The molecule has 3 rings (SSSR count). The SMILES string of the molecule is Cc1ccnc(NC(=O)CCC(=O)N(CC(=O)NC[C@@H]2CCCO2)C2CCCC2)c1. The average molecular weight is 417 g/mol. The lowest BCUT2D eigenvalue weighted by molar-refractivity contribution is -0.139. The molecular weight excluding hydrogens is 384 g/mol. The van der Waals surface area contributed by atoms with E-state index in [0.29, 0.717) is 12.4 Å². The Hall–Kier alpha value is -2.48. The minimum absolute atomic E-state index is 0.0390. The first-order valence-electron chi connectivity index (χ1n) is 10.9. The summed E-state index contributed by atoms with van der Waals surface area (Å²) < 4.78 is 5.53. The summed E-state index contributed by atoms with van der Waals surface area (Å²) >= 11 is 0. The predicted molar refractivity (Wildman–Crippen MR) is 113 cm³/mol. The summed E-state index contributed by atoms with van der Waals surface area (Å²) in [5, 5.41) is 5.62. The highest BCUT2D eigenvalue weighted by atomic mass is 16.5. The maximum atomic E-state index is 12.9. The summed E-state index contributed by atoms with van der Waals surface area (Å²) in [5.74, 6) is -0.0926. The summed E-state index contributed by atoms with van der Waals surface area (Å²) in [7, 11) is 0. The molecule has 164 valence electrons. The summed E-state index contributed by atoms with van der Waals surface area (Å²) in [4.78, 5) is 43.3. The third-order valence-corrected chi connectivity index (χ3v) is 5.70. The second kappa shape index (κ2) is 11.1. The molecule has 1 aromatic rings. The first-order valence-corrected chi connectivity index (χ1v) is 10.9. The molecule has 2 aliphatic rings. The van der Waals surface area contributed by atoms with Crippen molar-refractivity contribution in [1.29, 1.82) is 0 Å². The lowest BCUT2D eigenvalue weighted by atomic mass is 10.1. The molecule has 2 N–H and O–H groups in total. The highest BCUT2D eigenvalue weighted by molar-refractivity contribution is 5.93. The van der Waals surface area contributed by atoms with Gasteiger partial charge in [-0.25, -0.2) is 4.98 Å². The third-order valence-electron chi connectivity index (χ3n) is 5.70. The van der Waals surface area contributed by atoms with E-state index in [1.54, 1.807) is 17.2 Å². The van der Waals surface area contributed by atoms with Crippen molar-refractivity contribution >= 4 is 23.5 Å². The van der Waals surface area contributed by atoms with Gasteiger partial charge in [-0.05, 0) is 50.3 Å². The first kappa shape index (κ1) is 22.2. The zero-order valence-electron chi connectivity index (χ0n) is 17.7. The molecule has 8 heteroatoms. The number of anilines is 1. The van der Waals surface area contributed by atoms with Crippen LogP contribution >= 0.6 is 0 Å². The zero-order valence-corrected chi connectivity index (χ0v) is 17.7. The minimum Gasteiger partial charge on any atom is -0.376 e. The Morgan fingerprint density at radius 3 is 2.63 bits per heavy atom. The van der Waals surface area contributed by atoms with Crippen molar-refractivity contribution in [2.24, 2.45) is 0 Å². The molecular formula is C22H32N4O4. The van der Waals surface area contributed by atoms with Crippen molar-refractivity contribution in [2.75, 3.05) is 25.0 Å². The fraction of sp³-hybridized carbons (Fsp3) is 0.636. The van der Waals surface area contributed by atoms with E-state index in [0.717, 1.165) is 50.7 Å². The van der Waals surface area contributed by atoms with E-state index in [9.17, 15) is 14.4 Å². The van der Waals surface area contributed by atoms with Crippen molar-refractivity contribution in [3.63, 3.8) is 0 Å². The van der Waals surface area contributed by atoms with Crippen molar-refractivity contribution < 1.29 is 19.1 Å². The number of carbonyl (C=O) groups is 3. The quantitative estimate of drug-likeness (QED) is 0.643. The van der Waals surface area contributed by atoms with Crippen LogP contribution in [0.5, 0.6) is 0 Å². The first-order chi connectivity index (χ1) is 14.5. The normalized spacial score (nSPS) is 18.9. The Bertz CT molecular complexity index is 742. The summed E-state index contributed by atoms with van der Waals surface area (Å²) in [5.41, 5.74) is 0.998. The number of aromatic nitrogens is 1. The van der Waals surface area contributed by atoms with Crippen LogP contribution in [0.3, 0.4) is 0 Å². The van der Waals surface area contributed by atoms with Crippen LogP contribution in [0.4, 0.5) is 5.82 Å². The molecule has 30 heavy (non-hydrogen) atoms. The van der Waals surface area contributed by atoms with Crippen molar-refractivity contribution in [2.45, 2.75) is 70.4 Å².